The fraction of sp³-hybridized carbons (Fsp3) is 0.125. The maximum atomic E-state index is 12.6. The Balaban J connectivity index is 1.46. The van der Waals surface area contributed by atoms with Gasteiger partial charge in [0.15, 0.2) is 6.10 Å². The molecule has 4 rings (SSSR count). The van der Waals surface area contributed by atoms with Crippen LogP contribution in [0.25, 0.3) is 5.70 Å². The number of nitrogens with zero attached hydrogens (tertiary/aromatic N) is 1. The third kappa shape index (κ3) is 4.62. The maximum absolute atomic E-state index is 12.6. The predicted molar refractivity (Wildman–Crippen MR) is 116 cm³/mol. The number of anilines is 1. The van der Waals surface area contributed by atoms with E-state index < -0.39 is 12.0 Å². The molecule has 0 spiro atoms. The first kappa shape index (κ1) is 20.3. The number of esters is 1. The van der Waals surface area contributed by atoms with Crippen molar-refractivity contribution in [3.05, 3.63) is 102 Å². The van der Waals surface area contributed by atoms with E-state index in [9.17, 15) is 9.59 Å². The summed E-state index contributed by atoms with van der Waals surface area (Å²) < 4.78 is 4.99. The minimum atomic E-state index is -0.776. The van der Waals surface area contributed by atoms with Crippen LogP contribution in [0, 0.1) is 0 Å². The number of carbonyl (C=O) groups is 2. The van der Waals surface area contributed by atoms with Crippen LogP contribution in [0.2, 0.25) is 0 Å². The molecular weight excluding hydrogens is 394 g/mol. The Hall–Kier alpha value is -3.97. The lowest BCUT2D eigenvalue weighted by Crippen LogP contribution is -2.28. The Labute approximate surface area is 179 Å². The first-order valence-corrected chi connectivity index (χ1v) is 9.73. The Kier molecular flexibility index (Phi) is 6.05. The van der Waals surface area contributed by atoms with Gasteiger partial charge in [-0.3, -0.25) is 24.9 Å². The van der Waals surface area contributed by atoms with E-state index in [2.05, 4.69) is 15.8 Å². The van der Waals surface area contributed by atoms with Crippen LogP contribution in [0.15, 0.2) is 85.2 Å². The van der Waals surface area contributed by atoms with Crippen molar-refractivity contribution < 1.29 is 19.2 Å². The number of pyridine rings is 1. The fourth-order valence-corrected chi connectivity index (χ4v) is 3.35. The van der Waals surface area contributed by atoms with Crippen LogP contribution in [0.3, 0.4) is 0 Å². The van der Waals surface area contributed by atoms with Gasteiger partial charge in [-0.2, -0.15) is 0 Å². The van der Waals surface area contributed by atoms with E-state index in [0.29, 0.717) is 11.4 Å². The summed E-state index contributed by atoms with van der Waals surface area (Å²) in [6.45, 7) is 0. The van der Waals surface area contributed by atoms with Gasteiger partial charge in [0.2, 0.25) is 0 Å². The van der Waals surface area contributed by atoms with Crippen molar-refractivity contribution in [1.29, 1.82) is 0 Å². The minimum absolute atomic E-state index is 0.313. The van der Waals surface area contributed by atoms with Gasteiger partial charge in [0, 0.05) is 23.6 Å². The standard InChI is InChI=1S/C24H21N3O4/c1-30-24(29)22(16-6-3-2-4-7-16)17-9-11-19(12-10-17)26-23(28)21-14-20(27-31-21)18-8-5-13-25-15-18/h2-15,21-22,27H,1H3,(H,26,28). The maximum Gasteiger partial charge on any atom is 0.317 e. The molecule has 0 fully saturated rings. The number of nitrogens with one attached hydrogen (secondary N) is 2. The smallest absolute Gasteiger partial charge is 0.317 e. The highest BCUT2D eigenvalue weighted by Crippen LogP contribution is 2.27. The molecule has 0 saturated heterocycles. The van der Waals surface area contributed by atoms with Crippen molar-refractivity contribution in [2.75, 3.05) is 12.4 Å². The van der Waals surface area contributed by atoms with E-state index in [4.69, 9.17) is 9.57 Å². The summed E-state index contributed by atoms with van der Waals surface area (Å²) in [7, 11) is 1.37. The highest BCUT2D eigenvalue weighted by atomic mass is 16.7. The quantitative estimate of drug-likeness (QED) is 0.601. The lowest BCUT2D eigenvalue weighted by Gasteiger charge is -2.16. The van der Waals surface area contributed by atoms with Gasteiger partial charge in [0.1, 0.15) is 5.92 Å². The van der Waals surface area contributed by atoms with Gasteiger partial charge in [0.05, 0.1) is 12.8 Å². The molecular formula is C24H21N3O4. The van der Waals surface area contributed by atoms with E-state index in [-0.39, 0.29) is 11.9 Å². The van der Waals surface area contributed by atoms with Gasteiger partial charge >= 0.3 is 5.97 Å². The SMILES string of the molecule is COC(=O)C(c1ccccc1)c1ccc(NC(=O)C2C=C(c3cccnc3)NO2)cc1. The zero-order valence-electron chi connectivity index (χ0n) is 16.8. The molecule has 156 valence electrons. The average Bonchev–Trinajstić information content (AvgIpc) is 3.32. The number of aromatic nitrogens is 1. The Morgan fingerprint density at radius 2 is 1.77 bits per heavy atom. The van der Waals surface area contributed by atoms with Crippen molar-refractivity contribution in [2.45, 2.75) is 12.0 Å². The van der Waals surface area contributed by atoms with E-state index in [1.165, 1.54) is 7.11 Å². The molecule has 1 amide bonds. The van der Waals surface area contributed by atoms with Gasteiger partial charge < -0.3 is 10.1 Å². The lowest BCUT2D eigenvalue weighted by molar-refractivity contribution is -0.141. The second-order valence-corrected chi connectivity index (χ2v) is 6.94. The zero-order chi connectivity index (χ0) is 21.6. The predicted octanol–water partition coefficient (Wildman–Crippen LogP) is 3.27. The number of hydrogen-bond donors (Lipinski definition) is 2. The fourth-order valence-electron chi connectivity index (χ4n) is 3.35. The number of rotatable bonds is 6. The van der Waals surface area contributed by atoms with Crippen LogP contribution in [-0.2, 0) is 19.2 Å². The van der Waals surface area contributed by atoms with Crippen LogP contribution in [-0.4, -0.2) is 30.1 Å². The molecule has 1 aromatic heterocycles. The molecule has 3 aromatic rings. The zero-order valence-corrected chi connectivity index (χ0v) is 16.8. The van der Waals surface area contributed by atoms with Crippen molar-refractivity contribution in [3.63, 3.8) is 0 Å². The monoisotopic (exact) mass is 415 g/mol. The summed E-state index contributed by atoms with van der Waals surface area (Å²) in [6, 6.07) is 20.2. The molecule has 31 heavy (non-hydrogen) atoms. The summed E-state index contributed by atoms with van der Waals surface area (Å²) in [5, 5.41) is 2.82. The highest BCUT2D eigenvalue weighted by molar-refractivity contribution is 5.97. The number of hydroxylamine groups is 1. The van der Waals surface area contributed by atoms with Crippen molar-refractivity contribution in [1.82, 2.24) is 10.5 Å². The first-order chi connectivity index (χ1) is 15.2. The van der Waals surface area contributed by atoms with Gasteiger partial charge in [0.25, 0.3) is 5.91 Å². The van der Waals surface area contributed by atoms with Crippen LogP contribution >= 0.6 is 0 Å². The normalized spacial score (nSPS) is 16.0. The summed E-state index contributed by atoms with van der Waals surface area (Å²) >= 11 is 0. The van der Waals surface area contributed by atoms with E-state index >= 15 is 0 Å². The van der Waals surface area contributed by atoms with Gasteiger partial charge in [-0.05, 0) is 41.5 Å². The second kappa shape index (κ2) is 9.23. The number of amides is 1. The third-order valence-electron chi connectivity index (χ3n) is 4.93. The molecule has 0 saturated carbocycles. The first-order valence-electron chi connectivity index (χ1n) is 9.73. The number of benzene rings is 2. The number of hydrogen-bond acceptors (Lipinski definition) is 6. The Bertz CT molecular complexity index is 1080. The van der Waals surface area contributed by atoms with Crippen LogP contribution in [0.4, 0.5) is 5.69 Å². The lowest BCUT2D eigenvalue weighted by atomic mass is 9.91. The third-order valence-corrected chi connectivity index (χ3v) is 4.93. The Morgan fingerprint density at radius 3 is 2.45 bits per heavy atom. The molecule has 7 nitrogen and oxygen atoms in total. The minimum Gasteiger partial charge on any atom is -0.468 e. The summed E-state index contributed by atoms with van der Waals surface area (Å²) in [5.41, 5.74) is 6.48. The molecule has 0 bridgehead atoms. The van der Waals surface area contributed by atoms with E-state index in [1.54, 1.807) is 42.7 Å². The molecule has 2 heterocycles. The number of carbonyl (C=O) groups excluding carboxylic acids is 2. The molecule has 1 aliphatic rings. The summed E-state index contributed by atoms with van der Waals surface area (Å²) in [4.78, 5) is 34.4. The van der Waals surface area contributed by atoms with Crippen molar-refractivity contribution in [2.24, 2.45) is 0 Å². The molecule has 1 aliphatic heterocycles. The van der Waals surface area contributed by atoms with Crippen LogP contribution < -0.4 is 10.8 Å². The molecule has 2 unspecified atom stereocenters. The molecule has 2 N–H and O–H groups in total. The summed E-state index contributed by atoms with van der Waals surface area (Å²) in [6.07, 6.45) is 4.28. The molecule has 2 atom stereocenters. The second-order valence-electron chi connectivity index (χ2n) is 6.94. The Morgan fingerprint density at radius 1 is 1.03 bits per heavy atom. The van der Waals surface area contributed by atoms with Crippen molar-refractivity contribution >= 4 is 23.3 Å². The highest BCUT2D eigenvalue weighted by Gasteiger charge is 2.26. The largest absolute Gasteiger partial charge is 0.468 e. The summed E-state index contributed by atoms with van der Waals surface area (Å²) in [5.74, 6) is -1.20. The van der Waals surface area contributed by atoms with Gasteiger partial charge in [-0.1, -0.05) is 42.5 Å². The molecule has 2 aromatic carbocycles. The molecule has 0 aliphatic carbocycles. The van der Waals surface area contributed by atoms with Gasteiger partial charge in [-0.25, -0.2) is 0 Å². The average molecular weight is 415 g/mol. The molecule has 7 heteroatoms. The topological polar surface area (TPSA) is 89.5 Å². The number of ether oxygens (including phenoxy) is 1. The van der Waals surface area contributed by atoms with Crippen LogP contribution in [0.5, 0.6) is 0 Å². The van der Waals surface area contributed by atoms with E-state index in [0.717, 1.165) is 16.7 Å². The van der Waals surface area contributed by atoms with Crippen molar-refractivity contribution in [3.8, 4) is 0 Å². The van der Waals surface area contributed by atoms with E-state index in [1.807, 2.05) is 42.5 Å². The molecule has 0 radical (unpaired) electrons. The number of methoxy groups -OCH3 is 1. The van der Waals surface area contributed by atoms with Crippen LogP contribution in [0.1, 0.15) is 22.6 Å². The van der Waals surface area contributed by atoms with Gasteiger partial charge in [-0.15, -0.1) is 0 Å².